The SMILES string of the molecule is Cc1cccn(Cc2cc(Cl)ccn2)c1=O. The third-order valence-electron chi connectivity index (χ3n) is 2.32. The zero-order valence-corrected chi connectivity index (χ0v) is 9.61. The Labute approximate surface area is 98.3 Å². The summed E-state index contributed by atoms with van der Waals surface area (Å²) in [5, 5.41) is 0.630. The molecule has 2 heterocycles. The lowest BCUT2D eigenvalue weighted by Gasteiger charge is -2.05. The molecule has 16 heavy (non-hydrogen) atoms. The van der Waals surface area contributed by atoms with Gasteiger partial charge in [-0.25, -0.2) is 0 Å². The first-order valence-electron chi connectivity index (χ1n) is 4.93. The molecule has 0 bridgehead atoms. The second kappa shape index (κ2) is 4.49. The molecule has 0 N–H and O–H groups in total. The van der Waals surface area contributed by atoms with Gasteiger partial charge in [-0.3, -0.25) is 9.78 Å². The molecular formula is C12H11ClN2O. The zero-order chi connectivity index (χ0) is 11.5. The summed E-state index contributed by atoms with van der Waals surface area (Å²) in [6.45, 7) is 2.24. The van der Waals surface area contributed by atoms with Gasteiger partial charge < -0.3 is 4.57 Å². The lowest BCUT2D eigenvalue weighted by Crippen LogP contribution is -2.22. The molecule has 4 heteroatoms. The third-order valence-corrected chi connectivity index (χ3v) is 2.56. The Balaban J connectivity index is 2.34. The predicted octanol–water partition coefficient (Wildman–Crippen LogP) is 2.25. The van der Waals surface area contributed by atoms with E-state index < -0.39 is 0 Å². The van der Waals surface area contributed by atoms with Gasteiger partial charge in [-0.2, -0.15) is 0 Å². The highest BCUT2D eigenvalue weighted by atomic mass is 35.5. The van der Waals surface area contributed by atoms with Crippen LogP contribution in [-0.2, 0) is 6.54 Å². The minimum atomic E-state index is 0.00396. The van der Waals surface area contributed by atoms with Crippen molar-refractivity contribution in [2.24, 2.45) is 0 Å². The molecule has 2 aromatic heterocycles. The van der Waals surface area contributed by atoms with E-state index >= 15 is 0 Å². The van der Waals surface area contributed by atoms with Crippen molar-refractivity contribution in [3.8, 4) is 0 Å². The predicted molar refractivity (Wildman–Crippen MR) is 63.8 cm³/mol. The Bertz CT molecular complexity index is 563. The molecular weight excluding hydrogens is 224 g/mol. The van der Waals surface area contributed by atoms with Crippen molar-refractivity contribution in [1.29, 1.82) is 0 Å². The summed E-state index contributed by atoms with van der Waals surface area (Å²) >= 11 is 5.85. The van der Waals surface area contributed by atoms with Gasteiger partial charge in [0.25, 0.3) is 5.56 Å². The first kappa shape index (κ1) is 10.9. The van der Waals surface area contributed by atoms with Gasteiger partial charge in [0.05, 0.1) is 12.2 Å². The molecule has 0 spiro atoms. The molecule has 0 atom stereocenters. The Morgan fingerprint density at radius 3 is 3.00 bits per heavy atom. The van der Waals surface area contributed by atoms with Gasteiger partial charge >= 0.3 is 0 Å². The van der Waals surface area contributed by atoms with E-state index in [1.54, 1.807) is 42.1 Å². The third kappa shape index (κ3) is 2.31. The fraction of sp³-hybridized carbons (Fsp3) is 0.167. The van der Waals surface area contributed by atoms with Crippen molar-refractivity contribution in [1.82, 2.24) is 9.55 Å². The summed E-state index contributed by atoms with van der Waals surface area (Å²) in [5.41, 5.74) is 1.51. The van der Waals surface area contributed by atoms with Crippen molar-refractivity contribution in [3.05, 3.63) is 63.3 Å². The maximum Gasteiger partial charge on any atom is 0.253 e. The first-order chi connectivity index (χ1) is 7.66. The lowest BCUT2D eigenvalue weighted by atomic mass is 10.3. The van der Waals surface area contributed by atoms with Crippen LogP contribution in [0.5, 0.6) is 0 Å². The van der Waals surface area contributed by atoms with Gasteiger partial charge in [-0.05, 0) is 25.1 Å². The Kier molecular flexibility index (Phi) is 3.06. The highest BCUT2D eigenvalue weighted by Gasteiger charge is 2.01. The van der Waals surface area contributed by atoms with Gasteiger partial charge in [0.15, 0.2) is 0 Å². The normalized spacial score (nSPS) is 10.4. The van der Waals surface area contributed by atoms with Crippen LogP contribution in [0.25, 0.3) is 0 Å². The average molecular weight is 235 g/mol. The highest BCUT2D eigenvalue weighted by molar-refractivity contribution is 6.30. The Morgan fingerprint density at radius 2 is 2.25 bits per heavy atom. The van der Waals surface area contributed by atoms with Crippen LogP contribution in [0.2, 0.25) is 5.02 Å². The van der Waals surface area contributed by atoms with Crippen LogP contribution < -0.4 is 5.56 Å². The van der Waals surface area contributed by atoms with Crippen LogP contribution in [0.15, 0.2) is 41.5 Å². The average Bonchev–Trinajstić information content (AvgIpc) is 2.25. The second-order valence-corrected chi connectivity index (χ2v) is 4.03. The fourth-order valence-electron chi connectivity index (χ4n) is 1.49. The number of aryl methyl sites for hydroxylation is 1. The fourth-order valence-corrected chi connectivity index (χ4v) is 1.67. The van der Waals surface area contributed by atoms with Gasteiger partial charge in [-0.1, -0.05) is 17.7 Å². The quantitative estimate of drug-likeness (QED) is 0.799. The van der Waals surface area contributed by atoms with Crippen LogP contribution in [-0.4, -0.2) is 9.55 Å². The number of hydrogen-bond donors (Lipinski definition) is 0. The van der Waals surface area contributed by atoms with Gasteiger partial charge in [0, 0.05) is 23.0 Å². The van der Waals surface area contributed by atoms with E-state index in [4.69, 9.17) is 11.6 Å². The van der Waals surface area contributed by atoms with Crippen LogP contribution in [0.3, 0.4) is 0 Å². The van der Waals surface area contributed by atoms with Crippen LogP contribution >= 0.6 is 11.6 Å². The molecule has 2 rings (SSSR count). The van der Waals surface area contributed by atoms with E-state index in [0.717, 1.165) is 11.3 Å². The van der Waals surface area contributed by atoms with Crippen molar-refractivity contribution < 1.29 is 0 Å². The summed E-state index contributed by atoms with van der Waals surface area (Å²) in [4.78, 5) is 15.9. The highest BCUT2D eigenvalue weighted by Crippen LogP contribution is 2.08. The molecule has 3 nitrogen and oxygen atoms in total. The standard InChI is InChI=1S/C12H11ClN2O/c1-9-3-2-6-15(12(9)16)8-11-7-10(13)4-5-14-11/h2-7H,8H2,1H3. The minimum absolute atomic E-state index is 0.00396. The number of aromatic nitrogens is 2. The molecule has 0 saturated carbocycles. The molecule has 0 saturated heterocycles. The first-order valence-corrected chi connectivity index (χ1v) is 5.31. The minimum Gasteiger partial charge on any atom is -0.309 e. The second-order valence-electron chi connectivity index (χ2n) is 3.59. The smallest absolute Gasteiger partial charge is 0.253 e. The van der Waals surface area contributed by atoms with E-state index in [-0.39, 0.29) is 5.56 Å². The number of rotatable bonds is 2. The van der Waals surface area contributed by atoms with E-state index in [1.807, 2.05) is 6.07 Å². The van der Waals surface area contributed by atoms with E-state index in [0.29, 0.717) is 11.6 Å². The summed E-state index contributed by atoms with van der Waals surface area (Å²) < 4.78 is 1.62. The summed E-state index contributed by atoms with van der Waals surface area (Å²) in [7, 11) is 0. The molecule has 0 unspecified atom stereocenters. The van der Waals surface area contributed by atoms with Crippen LogP contribution in [0.1, 0.15) is 11.3 Å². The molecule has 0 aromatic carbocycles. The Morgan fingerprint density at radius 1 is 1.44 bits per heavy atom. The topological polar surface area (TPSA) is 34.9 Å². The molecule has 2 aromatic rings. The molecule has 0 amide bonds. The number of pyridine rings is 2. The van der Waals surface area contributed by atoms with Gasteiger partial charge in [0.2, 0.25) is 0 Å². The summed E-state index contributed by atoms with van der Waals surface area (Å²) in [6, 6.07) is 7.12. The van der Waals surface area contributed by atoms with Gasteiger partial charge in [-0.15, -0.1) is 0 Å². The summed E-state index contributed by atoms with van der Waals surface area (Å²) in [5.74, 6) is 0. The Hall–Kier alpha value is -1.61. The number of nitrogens with zero attached hydrogens (tertiary/aromatic N) is 2. The summed E-state index contributed by atoms with van der Waals surface area (Å²) in [6.07, 6.45) is 3.39. The molecule has 0 aliphatic carbocycles. The van der Waals surface area contributed by atoms with E-state index in [2.05, 4.69) is 4.98 Å². The van der Waals surface area contributed by atoms with Crippen molar-refractivity contribution >= 4 is 11.6 Å². The molecule has 0 aliphatic heterocycles. The maximum atomic E-state index is 11.8. The largest absolute Gasteiger partial charge is 0.309 e. The monoisotopic (exact) mass is 234 g/mol. The van der Waals surface area contributed by atoms with E-state index in [1.165, 1.54) is 0 Å². The number of hydrogen-bond acceptors (Lipinski definition) is 2. The maximum absolute atomic E-state index is 11.8. The van der Waals surface area contributed by atoms with Crippen LogP contribution in [0, 0.1) is 6.92 Å². The van der Waals surface area contributed by atoms with Crippen molar-refractivity contribution in [2.45, 2.75) is 13.5 Å². The number of halogens is 1. The zero-order valence-electron chi connectivity index (χ0n) is 8.85. The van der Waals surface area contributed by atoms with Gasteiger partial charge in [0.1, 0.15) is 0 Å². The van der Waals surface area contributed by atoms with Crippen molar-refractivity contribution in [2.75, 3.05) is 0 Å². The van der Waals surface area contributed by atoms with Crippen molar-refractivity contribution in [3.63, 3.8) is 0 Å². The van der Waals surface area contributed by atoms with E-state index in [9.17, 15) is 4.79 Å². The molecule has 0 fully saturated rings. The molecule has 82 valence electrons. The van der Waals surface area contributed by atoms with Crippen LogP contribution in [0.4, 0.5) is 0 Å². The lowest BCUT2D eigenvalue weighted by molar-refractivity contribution is 0.733. The molecule has 0 radical (unpaired) electrons. The molecule has 0 aliphatic rings.